The number of benzene rings is 1. The highest BCUT2D eigenvalue weighted by Crippen LogP contribution is 2.29. The van der Waals surface area contributed by atoms with Crippen LogP contribution >= 0.6 is 23.2 Å². The highest BCUT2D eigenvalue weighted by atomic mass is 35.5. The van der Waals surface area contributed by atoms with Crippen LogP contribution in [0.15, 0.2) is 30.3 Å². The van der Waals surface area contributed by atoms with E-state index in [1.807, 2.05) is 30.3 Å². The fraction of sp³-hybridized carbons (Fsp3) is 0.389. The summed E-state index contributed by atoms with van der Waals surface area (Å²) in [5, 5.41) is 6.97. The summed E-state index contributed by atoms with van der Waals surface area (Å²) in [6.07, 6.45) is 0.680. The third kappa shape index (κ3) is 4.36. The molecule has 1 saturated heterocycles. The molecular formula is C18H21Cl2N3O2. The molecule has 2 atom stereocenters. The van der Waals surface area contributed by atoms with Crippen LogP contribution in [-0.4, -0.2) is 36.1 Å². The summed E-state index contributed by atoms with van der Waals surface area (Å²) in [5.41, 5.74) is 2.08. The Morgan fingerprint density at radius 1 is 1.28 bits per heavy atom. The van der Waals surface area contributed by atoms with Gasteiger partial charge in [0.1, 0.15) is 5.69 Å². The number of amides is 1. The Balaban J connectivity index is 1.64. The number of aromatic nitrogens is 1. The summed E-state index contributed by atoms with van der Waals surface area (Å²) < 4.78 is 6.03. The number of piperidine rings is 1. The van der Waals surface area contributed by atoms with E-state index < -0.39 is 0 Å². The molecule has 0 bridgehead atoms. The second-order valence-corrected chi connectivity index (χ2v) is 6.92. The molecule has 0 saturated carbocycles. The lowest BCUT2D eigenvalue weighted by Gasteiger charge is -2.32. The van der Waals surface area contributed by atoms with Crippen molar-refractivity contribution < 1.29 is 9.53 Å². The molecule has 25 heavy (non-hydrogen) atoms. The van der Waals surface area contributed by atoms with Crippen LogP contribution in [0.2, 0.25) is 10.0 Å². The van der Waals surface area contributed by atoms with Gasteiger partial charge in [-0.15, -0.1) is 0 Å². The van der Waals surface area contributed by atoms with Gasteiger partial charge in [0.05, 0.1) is 28.8 Å². The fourth-order valence-electron chi connectivity index (χ4n) is 2.92. The van der Waals surface area contributed by atoms with Crippen molar-refractivity contribution in [3.05, 3.63) is 57.3 Å². The largest absolute Gasteiger partial charge is 0.370 e. The monoisotopic (exact) mass is 381 g/mol. The predicted octanol–water partition coefficient (Wildman–Crippen LogP) is 3.31. The summed E-state index contributed by atoms with van der Waals surface area (Å²) in [6, 6.07) is 9.89. The predicted molar refractivity (Wildman–Crippen MR) is 99.3 cm³/mol. The lowest BCUT2D eigenvalue weighted by atomic mass is 10.0. The van der Waals surface area contributed by atoms with Gasteiger partial charge in [0.15, 0.2) is 0 Å². The molecule has 2 aromatic rings. The van der Waals surface area contributed by atoms with Gasteiger partial charge in [0.25, 0.3) is 5.91 Å². The minimum atomic E-state index is -0.264. The van der Waals surface area contributed by atoms with Gasteiger partial charge in [-0.25, -0.2) is 0 Å². The lowest BCUT2D eigenvalue weighted by Crippen LogP contribution is -2.53. The smallest absolute Gasteiger partial charge is 0.269 e. The van der Waals surface area contributed by atoms with E-state index in [9.17, 15) is 4.79 Å². The highest BCUT2D eigenvalue weighted by molar-refractivity contribution is 6.44. The first-order chi connectivity index (χ1) is 12.1. The Labute approximate surface area is 157 Å². The molecule has 5 nitrogen and oxygen atoms in total. The maximum Gasteiger partial charge on any atom is 0.269 e. The molecule has 0 unspecified atom stereocenters. The third-order valence-corrected chi connectivity index (χ3v) is 5.28. The number of ether oxygens (including phenoxy) is 1. The number of hydrogen-bond acceptors (Lipinski definition) is 3. The number of H-pyrrole nitrogens is 1. The zero-order valence-electron chi connectivity index (χ0n) is 13.9. The second kappa shape index (κ2) is 8.23. The summed E-state index contributed by atoms with van der Waals surface area (Å²) >= 11 is 12.2. The SMILES string of the molecule is Cc1[nH]c(C(=O)N[C@@H]2CCNC[C@H]2OCc2ccccc2)c(Cl)c1Cl. The molecule has 1 aromatic heterocycles. The van der Waals surface area contributed by atoms with E-state index in [2.05, 4.69) is 15.6 Å². The van der Waals surface area contributed by atoms with Gasteiger partial charge in [-0.1, -0.05) is 53.5 Å². The first-order valence-corrected chi connectivity index (χ1v) is 9.02. The van der Waals surface area contributed by atoms with Crippen molar-refractivity contribution in [3.8, 4) is 0 Å². The fourth-order valence-corrected chi connectivity index (χ4v) is 3.33. The summed E-state index contributed by atoms with van der Waals surface area (Å²) in [5.74, 6) is -0.264. The standard InChI is InChI=1S/C18H21Cl2N3O2/c1-11-15(19)16(20)17(22-11)18(24)23-13-7-8-21-9-14(13)25-10-12-5-3-2-4-6-12/h2-6,13-14,21-22H,7-10H2,1H3,(H,23,24)/t13-,14-/m1/s1. The molecule has 1 amide bonds. The van der Waals surface area contributed by atoms with E-state index in [1.54, 1.807) is 6.92 Å². The molecule has 3 N–H and O–H groups in total. The van der Waals surface area contributed by atoms with Gasteiger partial charge in [0, 0.05) is 12.2 Å². The van der Waals surface area contributed by atoms with E-state index in [0.29, 0.717) is 29.6 Å². The average Bonchev–Trinajstić information content (AvgIpc) is 2.89. The Morgan fingerprint density at radius 2 is 2.04 bits per heavy atom. The van der Waals surface area contributed by atoms with Crippen LogP contribution in [0.3, 0.4) is 0 Å². The third-order valence-electron chi connectivity index (χ3n) is 4.33. The molecule has 0 spiro atoms. The van der Waals surface area contributed by atoms with Gasteiger partial charge in [-0.3, -0.25) is 4.79 Å². The Bertz CT molecular complexity index is 733. The lowest BCUT2D eigenvalue weighted by molar-refractivity contribution is 0.00357. The number of nitrogens with one attached hydrogen (secondary N) is 3. The molecular weight excluding hydrogens is 361 g/mol. The summed E-state index contributed by atoms with van der Waals surface area (Å²) in [4.78, 5) is 15.5. The van der Waals surface area contributed by atoms with Crippen molar-refractivity contribution in [2.24, 2.45) is 0 Å². The Kier molecular flexibility index (Phi) is 6.02. The van der Waals surface area contributed by atoms with Gasteiger partial charge in [-0.2, -0.15) is 0 Å². The molecule has 1 fully saturated rings. The van der Waals surface area contributed by atoms with E-state index >= 15 is 0 Å². The average molecular weight is 382 g/mol. The molecule has 0 aliphatic carbocycles. The van der Waals surface area contributed by atoms with Crippen LogP contribution in [-0.2, 0) is 11.3 Å². The van der Waals surface area contributed by atoms with Crippen molar-refractivity contribution in [3.63, 3.8) is 0 Å². The minimum Gasteiger partial charge on any atom is -0.370 e. The molecule has 0 radical (unpaired) electrons. The van der Waals surface area contributed by atoms with Crippen LogP contribution < -0.4 is 10.6 Å². The molecule has 2 heterocycles. The minimum absolute atomic E-state index is 0.0871. The molecule has 7 heteroatoms. The molecule has 134 valence electrons. The van der Waals surface area contributed by atoms with Gasteiger partial charge >= 0.3 is 0 Å². The van der Waals surface area contributed by atoms with Gasteiger partial charge in [-0.05, 0) is 25.5 Å². The van der Waals surface area contributed by atoms with E-state index in [4.69, 9.17) is 27.9 Å². The maximum atomic E-state index is 12.6. The topological polar surface area (TPSA) is 66.2 Å². The van der Waals surface area contributed by atoms with Crippen molar-refractivity contribution in [1.82, 2.24) is 15.6 Å². The molecule has 1 aromatic carbocycles. The van der Waals surface area contributed by atoms with Crippen LogP contribution in [0.25, 0.3) is 0 Å². The molecule has 1 aliphatic rings. The normalized spacial score (nSPS) is 20.4. The number of aromatic amines is 1. The number of aryl methyl sites for hydroxylation is 1. The van der Waals surface area contributed by atoms with Crippen LogP contribution in [0.4, 0.5) is 0 Å². The van der Waals surface area contributed by atoms with E-state index in [-0.39, 0.29) is 23.1 Å². The number of carbonyl (C=O) groups excluding carboxylic acids is 1. The highest BCUT2D eigenvalue weighted by Gasteiger charge is 2.29. The van der Waals surface area contributed by atoms with Crippen LogP contribution in [0.5, 0.6) is 0 Å². The van der Waals surface area contributed by atoms with Crippen LogP contribution in [0, 0.1) is 6.92 Å². The van der Waals surface area contributed by atoms with E-state index in [1.165, 1.54) is 0 Å². The van der Waals surface area contributed by atoms with Crippen molar-refractivity contribution in [1.29, 1.82) is 0 Å². The van der Waals surface area contributed by atoms with Crippen LogP contribution in [0.1, 0.15) is 28.2 Å². The number of rotatable bonds is 5. The molecule has 1 aliphatic heterocycles. The first kappa shape index (κ1) is 18.3. The first-order valence-electron chi connectivity index (χ1n) is 8.27. The summed E-state index contributed by atoms with van der Waals surface area (Å²) in [6.45, 7) is 3.81. The Morgan fingerprint density at radius 3 is 2.72 bits per heavy atom. The van der Waals surface area contributed by atoms with Gasteiger partial charge in [0.2, 0.25) is 0 Å². The number of halogens is 2. The summed E-state index contributed by atoms with van der Waals surface area (Å²) in [7, 11) is 0. The van der Waals surface area contributed by atoms with Crippen molar-refractivity contribution >= 4 is 29.1 Å². The number of carbonyl (C=O) groups is 1. The zero-order chi connectivity index (χ0) is 17.8. The maximum absolute atomic E-state index is 12.6. The Hall–Kier alpha value is -1.53. The number of hydrogen-bond donors (Lipinski definition) is 3. The quantitative estimate of drug-likeness (QED) is 0.744. The van der Waals surface area contributed by atoms with E-state index in [0.717, 1.165) is 18.5 Å². The molecule has 3 rings (SSSR count). The van der Waals surface area contributed by atoms with Crippen molar-refractivity contribution in [2.45, 2.75) is 32.1 Å². The second-order valence-electron chi connectivity index (χ2n) is 6.16. The van der Waals surface area contributed by atoms with Gasteiger partial charge < -0.3 is 20.4 Å². The van der Waals surface area contributed by atoms with Crippen molar-refractivity contribution in [2.75, 3.05) is 13.1 Å². The zero-order valence-corrected chi connectivity index (χ0v) is 15.5.